The second-order valence-corrected chi connectivity index (χ2v) is 4.31. The van der Waals surface area contributed by atoms with Crippen LogP contribution in [0.3, 0.4) is 0 Å². The van der Waals surface area contributed by atoms with Crippen LogP contribution in [-0.2, 0) is 11.8 Å². The van der Waals surface area contributed by atoms with Gasteiger partial charge in [0.1, 0.15) is 0 Å². The minimum absolute atomic E-state index is 0.0298. The lowest BCUT2D eigenvalue weighted by molar-refractivity contribution is -0.140. The molecule has 0 aliphatic carbocycles. The Morgan fingerprint density at radius 2 is 1.33 bits per heavy atom. The molecule has 0 heterocycles. The predicted octanol–water partition coefficient (Wildman–Crippen LogP) is 2.95. The fourth-order valence-corrected chi connectivity index (χ4v) is 1.62. The molecule has 0 unspecified atom stereocenters. The molecule has 1 rings (SSSR count). The summed E-state index contributed by atoms with van der Waals surface area (Å²) >= 11 is 0. The van der Waals surface area contributed by atoms with Gasteiger partial charge in [-0.1, -0.05) is 0 Å². The number of benzene rings is 1. The van der Waals surface area contributed by atoms with Gasteiger partial charge in [-0.2, -0.15) is 13.2 Å². The van der Waals surface area contributed by atoms with E-state index in [0.29, 0.717) is 0 Å². The van der Waals surface area contributed by atoms with Gasteiger partial charge in [0.05, 0.1) is 25.4 Å². The minimum atomic E-state index is -4.57. The van der Waals surface area contributed by atoms with Crippen molar-refractivity contribution in [2.24, 2.45) is 0 Å². The van der Waals surface area contributed by atoms with Crippen molar-refractivity contribution in [2.75, 3.05) is 14.2 Å². The van der Waals surface area contributed by atoms with Crippen molar-refractivity contribution in [3.8, 4) is 11.5 Å². The number of alkyl halides is 3. The summed E-state index contributed by atoms with van der Waals surface area (Å²) in [4.78, 5) is 0. The molecular weight excluding hydrogens is 249 g/mol. The molecule has 0 bridgehead atoms. The molecule has 0 atom stereocenters. The highest BCUT2D eigenvalue weighted by Crippen LogP contribution is 2.42. The SMILES string of the molecule is COc1cc(C(C)(C)O)c(C(F)(F)F)cc1OC. The van der Waals surface area contributed by atoms with Crippen LogP contribution in [0.2, 0.25) is 0 Å². The van der Waals surface area contributed by atoms with Gasteiger partial charge in [0.25, 0.3) is 0 Å². The molecule has 0 aliphatic rings. The molecule has 0 spiro atoms. The first-order chi connectivity index (χ1) is 8.11. The molecular formula is C12H15F3O3. The summed E-state index contributed by atoms with van der Waals surface area (Å²) in [7, 11) is 2.57. The van der Waals surface area contributed by atoms with E-state index in [4.69, 9.17) is 9.47 Å². The first kappa shape index (κ1) is 14.6. The Bertz CT molecular complexity index is 392. The van der Waals surface area contributed by atoms with E-state index in [1.54, 1.807) is 0 Å². The third-order valence-electron chi connectivity index (χ3n) is 2.49. The second kappa shape index (κ2) is 4.68. The zero-order chi connectivity index (χ0) is 14.1. The molecule has 0 saturated carbocycles. The third kappa shape index (κ3) is 2.87. The molecule has 3 nitrogen and oxygen atoms in total. The van der Waals surface area contributed by atoms with Crippen LogP contribution >= 0.6 is 0 Å². The van der Waals surface area contributed by atoms with Crippen molar-refractivity contribution >= 4 is 0 Å². The Morgan fingerprint density at radius 3 is 1.61 bits per heavy atom. The molecule has 1 aromatic carbocycles. The number of ether oxygens (including phenoxy) is 2. The van der Waals surface area contributed by atoms with Gasteiger partial charge < -0.3 is 14.6 Å². The highest BCUT2D eigenvalue weighted by atomic mass is 19.4. The highest BCUT2D eigenvalue weighted by Gasteiger charge is 2.38. The van der Waals surface area contributed by atoms with E-state index in [9.17, 15) is 18.3 Å². The summed E-state index contributed by atoms with van der Waals surface area (Å²) in [5.74, 6) is 0.112. The van der Waals surface area contributed by atoms with Crippen molar-refractivity contribution in [1.29, 1.82) is 0 Å². The first-order valence-corrected chi connectivity index (χ1v) is 5.17. The van der Waals surface area contributed by atoms with Crippen molar-refractivity contribution in [2.45, 2.75) is 25.6 Å². The molecule has 0 aliphatic heterocycles. The highest BCUT2D eigenvalue weighted by molar-refractivity contribution is 5.50. The molecule has 1 N–H and O–H groups in total. The average molecular weight is 264 g/mol. The van der Waals surface area contributed by atoms with E-state index in [0.717, 1.165) is 12.1 Å². The molecule has 0 amide bonds. The molecule has 102 valence electrons. The Labute approximate surface area is 103 Å². The Kier molecular flexibility index (Phi) is 3.81. The average Bonchev–Trinajstić information content (AvgIpc) is 2.24. The van der Waals surface area contributed by atoms with Gasteiger partial charge in [0.2, 0.25) is 0 Å². The Balaban J connectivity index is 3.57. The fraction of sp³-hybridized carbons (Fsp3) is 0.500. The molecule has 0 aromatic heterocycles. The van der Waals surface area contributed by atoms with Crippen molar-refractivity contribution in [1.82, 2.24) is 0 Å². The summed E-state index contributed by atoms with van der Waals surface area (Å²) in [5, 5.41) is 9.82. The summed E-state index contributed by atoms with van der Waals surface area (Å²) in [5.41, 5.74) is -2.83. The smallest absolute Gasteiger partial charge is 0.416 e. The number of aliphatic hydroxyl groups is 1. The largest absolute Gasteiger partial charge is 0.493 e. The van der Waals surface area contributed by atoms with Crippen molar-refractivity contribution in [3.63, 3.8) is 0 Å². The first-order valence-electron chi connectivity index (χ1n) is 5.17. The van der Waals surface area contributed by atoms with Gasteiger partial charge in [-0.05, 0) is 31.5 Å². The topological polar surface area (TPSA) is 38.7 Å². The molecule has 1 aromatic rings. The molecule has 0 fully saturated rings. The maximum absolute atomic E-state index is 12.9. The lowest BCUT2D eigenvalue weighted by Crippen LogP contribution is -2.22. The van der Waals surface area contributed by atoms with E-state index >= 15 is 0 Å². The Hall–Kier alpha value is -1.43. The lowest BCUT2D eigenvalue weighted by atomic mass is 9.92. The van der Waals surface area contributed by atoms with Crippen molar-refractivity contribution < 1.29 is 27.8 Å². The fourth-order valence-electron chi connectivity index (χ4n) is 1.62. The number of rotatable bonds is 3. The van der Waals surface area contributed by atoms with Gasteiger partial charge in [0.15, 0.2) is 11.5 Å². The molecule has 6 heteroatoms. The predicted molar refractivity (Wildman–Crippen MR) is 59.8 cm³/mol. The Morgan fingerprint density at radius 1 is 0.944 bits per heavy atom. The molecule has 0 radical (unpaired) electrons. The van der Waals surface area contributed by atoms with Crippen LogP contribution in [0.25, 0.3) is 0 Å². The van der Waals surface area contributed by atoms with E-state index in [1.165, 1.54) is 28.1 Å². The van der Waals surface area contributed by atoms with E-state index in [-0.39, 0.29) is 17.1 Å². The van der Waals surface area contributed by atoms with E-state index < -0.39 is 17.3 Å². The zero-order valence-electron chi connectivity index (χ0n) is 10.6. The number of methoxy groups -OCH3 is 2. The standard InChI is InChI=1S/C12H15F3O3/c1-11(2,16)7-5-9(17-3)10(18-4)6-8(7)12(13,14)15/h5-6,16H,1-4H3. The van der Waals surface area contributed by atoms with Crippen LogP contribution in [-0.4, -0.2) is 19.3 Å². The maximum Gasteiger partial charge on any atom is 0.416 e. The number of hydrogen-bond acceptors (Lipinski definition) is 3. The summed E-state index contributed by atoms with van der Waals surface area (Å²) in [6, 6.07) is 1.97. The van der Waals surface area contributed by atoms with Gasteiger partial charge in [0, 0.05) is 0 Å². The summed E-state index contributed by atoms with van der Waals surface area (Å²) in [6.45, 7) is 2.56. The quantitative estimate of drug-likeness (QED) is 0.912. The molecule has 0 saturated heterocycles. The number of hydrogen-bond donors (Lipinski definition) is 1. The van der Waals surface area contributed by atoms with Gasteiger partial charge in [-0.3, -0.25) is 0 Å². The normalized spacial score (nSPS) is 12.4. The van der Waals surface area contributed by atoms with Crippen LogP contribution in [0.15, 0.2) is 12.1 Å². The summed E-state index contributed by atoms with van der Waals surface area (Å²) in [6.07, 6.45) is -4.57. The van der Waals surface area contributed by atoms with Gasteiger partial charge >= 0.3 is 6.18 Å². The van der Waals surface area contributed by atoms with Crippen LogP contribution in [0.5, 0.6) is 11.5 Å². The van der Waals surface area contributed by atoms with E-state index in [1.807, 2.05) is 0 Å². The zero-order valence-corrected chi connectivity index (χ0v) is 10.6. The molecule has 18 heavy (non-hydrogen) atoms. The van der Waals surface area contributed by atoms with Crippen LogP contribution in [0, 0.1) is 0 Å². The number of halogens is 3. The monoisotopic (exact) mass is 264 g/mol. The maximum atomic E-state index is 12.9. The lowest BCUT2D eigenvalue weighted by Gasteiger charge is -2.24. The third-order valence-corrected chi connectivity index (χ3v) is 2.49. The minimum Gasteiger partial charge on any atom is -0.493 e. The van der Waals surface area contributed by atoms with Crippen molar-refractivity contribution in [3.05, 3.63) is 23.3 Å². The van der Waals surface area contributed by atoms with Crippen LogP contribution in [0.1, 0.15) is 25.0 Å². The second-order valence-electron chi connectivity index (χ2n) is 4.31. The van der Waals surface area contributed by atoms with Gasteiger partial charge in [-0.15, -0.1) is 0 Å². The van der Waals surface area contributed by atoms with Gasteiger partial charge in [-0.25, -0.2) is 0 Å². The van der Waals surface area contributed by atoms with Crippen LogP contribution in [0.4, 0.5) is 13.2 Å². The summed E-state index contributed by atoms with van der Waals surface area (Å²) < 4.78 is 48.5. The van der Waals surface area contributed by atoms with E-state index in [2.05, 4.69) is 0 Å². The van der Waals surface area contributed by atoms with Crippen LogP contribution < -0.4 is 9.47 Å².